The van der Waals surface area contributed by atoms with Gasteiger partial charge in [-0.2, -0.15) is 0 Å². The zero-order valence-corrected chi connectivity index (χ0v) is 15.3. The van der Waals surface area contributed by atoms with Crippen LogP contribution in [0.1, 0.15) is 24.9 Å². The molecule has 1 amide bonds. The second kappa shape index (κ2) is 7.96. The summed E-state index contributed by atoms with van der Waals surface area (Å²) in [4.78, 5) is 14.4. The number of carbonyl (C=O) groups excluding carboxylic acids is 1. The number of benzene rings is 1. The zero-order valence-electron chi connectivity index (χ0n) is 13.7. The van der Waals surface area contributed by atoms with Crippen LogP contribution in [-0.4, -0.2) is 47.0 Å². The van der Waals surface area contributed by atoms with Gasteiger partial charge in [-0.15, -0.1) is 10.2 Å². The molecule has 1 aliphatic heterocycles. The van der Waals surface area contributed by atoms with Crippen molar-refractivity contribution in [2.24, 2.45) is 0 Å². The van der Waals surface area contributed by atoms with Crippen molar-refractivity contribution in [2.75, 3.05) is 31.3 Å². The summed E-state index contributed by atoms with van der Waals surface area (Å²) >= 11 is 3.04. The van der Waals surface area contributed by atoms with Crippen LogP contribution in [0.3, 0.4) is 0 Å². The standard InChI is InChI=1S/C16H20N4O2S2/c1-3-23-16-19-18-15(24-16)17-14(21)10-20-8-7-13(20)11-5-4-6-12(9-11)22-2/h4-6,9,13H,3,7-8,10H2,1-2H3,(H,17,18,21)/t13-/m1/s1. The molecule has 1 saturated heterocycles. The Hall–Kier alpha value is -1.64. The number of thioether (sulfide) groups is 1. The average Bonchev–Trinajstić information content (AvgIpc) is 2.99. The van der Waals surface area contributed by atoms with Crippen molar-refractivity contribution in [1.82, 2.24) is 15.1 Å². The predicted molar refractivity (Wildman–Crippen MR) is 96.9 cm³/mol. The van der Waals surface area contributed by atoms with Gasteiger partial charge < -0.3 is 4.74 Å². The van der Waals surface area contributed by atoms with Crippen LogP contribution in [0, 0.1) is 0 Å². The highest BCUT2D eigenvalue weighted by Gasteiger charge is 2.31. The fraction of sp³-hybridized carbons (Fsp3) is 0.438. The predicted octanol–water partition coefficient (Wildman–Crippen LogP) is 3.04. The van der Waals surface area contributed by atoms with Crippen LogP contribution >= 0.6 is 23.1 Å². The second-order valence-electron chi connectivity index (χ2n) is 5.41. The van der Waals surface area contributed by atoms with Crippen molar-refractivity contribution in [3.05, 3.63) is 29.8 Å². The fourth-order valence-electron chi connectivity index (χ4n) is 2.64. The average molecular weight is 364 g/mol. The summed E-state index contributed by atoms with van der Waals surface area (Å²) in [5.74, 6) is 1.74. The lowest BCUT2D eigenvalue weighted by Gasteiger charge is -2.40. The third-order valence-corrected chi connectivity index (χ3v) is 5.73. The third-order valence-electron chi connectivity index (χ3n) is 3.88. The van der Waals surface area contributed by atoms with Gasteiger partial charge in [0.15, 0.2) is 4.34 Å². The smallest absolute Gasteiger partial charge is 0.240 e. The molecule has 2 heterocycles. The van der Waals surface area contributed by atoms with E-state index in [1.807, 2.05) is 18.2 Å². The Balaban J connectivity index is 1.56. The quantitative estimate of drug-likeness (QED) is 0.602. The lowest BCUT2D eigenvalue weighted by Crippen LogP contribution is -2.45. The largest absolute Gasteiger partial charge is 0.497 e. The summed E-state index contributed by atoms with van der Waals surface area (Å²) in [7, 11) is 1.66. The van der Waals surface area contributed by atoms with Crippen LogP contribution in [0.5, 0.6) is 5.75 Å². The zero-order chi connectivity index (χ0) is 16.9. The molecular formula is C16H20N4O2S2. The van der Waals surface area contributed by atoms with E-state index < -0.39 is 0 Å². The Morgan fingerprint density at radius 3 is 3.08 bits per heavy atom. The Morgan fingerprint density at radius 1 is 1.50 bits per heavy atom. The van der Waals surface area contributed by atoms with E-state index in [1.54, 1.807) is 18.9 Å². The van der Waals surface area contributed by atoms with E-state index in [-0.39, 0.29) is 11.9 Å². The van der Waals surface area contributed by atoms with Gasteiger partial charge in [-0.25, -0.2) is 0 Å². The van der Waals surface area contributed by atoms with Crippen LogP contribution in [-0.2, 0) is 4.79 Å². The molecule has 6 nitrogen and oxygen atoms in total. The van der Waals surface area contributed by atoms with Crippen LogP contribution in [0.25, 0.3) is 0 Å². The summed E-state index contributed by atoms with van der Waals surface area (Å²) in [6, 6.07) is 8.30. The van der Waals surface area contributed by atoms with Crippen molar-refractivity contribution < 1.29 is 9.53 Å². The molecular weight excluding hydrogens is 344 g/mol. The molecule has 0 radical (unpaired) electrons. The molecule has 1 aliphatic rings. The molecule has 2 aromatic rings. The molecule has 1 aromatic carbocycles. The number of methoxy groups -OCH3 is 1. The van der Waals surface area contributed by atoms with Crippen molar-refractivity contribution in [1.29, 1.82) is 0 Å². The number of nitrogens with zero attached hydrogens (tertiary/aromatic N) is 3. The van der Waals surface area contributed by atoms with Crippen molar-refractivity contribution in [3.63, 3.8) is 0 Å². The molecule has 3 rings (SSSR count). The molecule has 0 unspecified atom stereocenters. The van der Waals surface area contributed by atoms with E-state index in [9.17, 15) is 4.79 Å². The summed E-state index contributed by atoms with van der Waals surface area (Å²) in [5.41, 5.74) is 1.19. The molecule has 8 heteroatoms. The molecule has 1 fully saturated rings. The lowest BCUT2D eigenvalue weighted by atomic mass is 9.94. The normalized spacial score (nSPS) is 17.3. The van der Waals surface area contributed by atoms with Gasteiger partial charge in [0.2, 0.25) is 11.0 Å². The maximum absolute atomic E-state index is 12.2. The number of ether oxygens (including phenoxy) is 1. The minimum Gasteiger partial charge on any atom is -0.497 e. The Bertz CT molecular complexity index is 707. The maximum atomic E-state index is 12.2. The second-order valence-corrected chi connectivity index (χ2v) is 7.89. The number of likely N-dealkylation sites (tertiary alicyclic amines) is 1. The van der Waals surface area contributed by atoms with Crippen LogP contribution in [0.15, 0.2) is 28.6 Å². The van der Waals surface area contributed by atoms with Gasteiger partial charge >= 0.3 is 0 Å². The fourth-order valence-corrected chi connectivity index (χ4v) is 4.31. The van der Waals surface area contributed by atoms with E-state index in [4.69, 9.17) is 4.74 Å². The SMILES string of the molecule is CCSc1nnc(NC(=O)CN2CC[C@@H]2c2cccc(OC)c2)s1. The Kier molecular flexibility index (Phi) is 5.70. The topological polar surface area (TPSA) is 67.4 Å². The summed E-state index contributed by atoms with van der Waals surface area (Å²) in [6.45, 7) is 3.34. The van der Waals surface area contributed by atoms with Crippen molar-refractivity contribution in [3.8, 4) is 5.75 Å². The minimum atomic E-state index is -0.0493. The first-order chi connectivity index (χ1) is 11.7. The van der Waals surface area contributed by atoms with Crippen molar-refractivity contribution >= 4 is 34.1 Å². The van der Waals surface area contributed by atoms with Gasteiger partial charge in [-0.3, -0.25) is 15.0 Å². The van der Waals surface area contributed by atoms with E-state index >= 15 is 0 Å². The van der Waals surface area contributed by atoms with E-state index in [0.29, 0.717) is 11.7 Å². The number of hydrogen-bond donors (Lipinski definition) is 1. The first kappa shape index (κ1) is 17.2. The molecule has 0 spiro atoms. The Morgan fingerprint density at radius 2 is 2.38 bits per heavy atom. The van der Waals surface area contributed by atoms with Crippen LogP contribution in [0.2, 0.25) is 0 Å². The molecule has 0 aliphatic carbocycles. The molecule has 24 heavy (non-hydrogen) atoms. The molecule has 128 valence electrons. The number of aromatic nitrogens is 2. The van der Waals surface area contributed by atoms with E-state index in [2.05, 4.69) is 33.4 Å². The van der Waals surface area contributed by atoms with Gasteiger partial charge in [-0.05, 0) is 29.9 Å². The first-order valence-electron chi connectivity index (χ1n) is 7.83. The van der Waals surface area contributed by atoms with Gasteiger partial charge in [0.05, 0.1) is 13.7 Å². The lowest BCUT2D eigenvalue weighted by molar-refractivity contribution is -0.119. The third kappa shape index (κ3) is 4.06. The van der Waals surface area contributed by atoms with Crippen LogP contribution < -0.4 is 10.1 Å². The number of carbonyl (C=O) groups is 1. The number of anilines is 1. The molecule has 0 bridgehead atoms. The van der Waals surface area contributed by atoms with Gasteiger partial charge in [0.1, 0.15) is 5.75 Å². The monoisotopic (exact) mass is 364 g/mol. The number of nitrogens with one attached hydrogen (secondary N) is 1. The van der Waals surface area contributed by atoms with Gasteiger partial charge in [0.25, 0.3) is 0 Å². The summed E-state index contributed by atoms with van der Waals surface area (Å²) in [6.07, 6.45) is 1.05. The molecule has 1 aromatic heterocycles. The van der Waals surface area contributed by atoms with Gasteiger partial charge in [-0.1, -0.05) is 42.2 Å². The Labute approximate surface area is 149 Å². The highest BCUT2D eigenvalue weighted by Crippen LogP contribution is 2.34. The van der Waals surface area contributed by atoms with Gasteiger partial charge in [0, 0.05) is 12.6 Å². The molecule has 0 saturated carbocycles. The number of amides is 1. The molecule has 1 atom stereocenters. The summed E-state index contributed by atoms with van der Waals surface area (Å²) in [5, 5.41) is 11.5. The maximum Gasteiger partial charge on any atom is 0.240 e. The van der Waals surface area contributed by atoms with Crippen LogP contribution in [0.4, 0.5) is 5.13 Å². The highest BCUT2D eigenvalue weighted by atomic mass is 32.2. The summed E-state index contributed by atoms with van der Waals surface area (Å²) < 4.78 is 6.16. The highest BCUT2D eigenvalue weighted by molar-refractivity contribution is 8.01. The van der Waals surface area contributed by atoms with Crippen molar-refractivity contribution in [2.45, 2.75) is 23.7 Å². The minimum absolute atomic E-state index is 0.0493. The molecule has 1 N–H and O–H groups in total. The first-order valence-corrected chi connectivity index (χ1v) is 9.64. The number of rotatable bonds is 7. The number of hydrogen-bond acceptors (Lipinski definition) is 7. The van der Waals surface area contributed by atoms with E-state index in [1.165, 1.54) is 16.9 Å². The van der Waals surface area contributed by atoms with E-state index in [0.717, 1.165) is 28.8 Å².